The van der Waals surface area contributed by atoms with Gasteiger partial charge in [0.15, 0.2) is 11.5 Å². The van der Waals surface area contributed by atoms with E-state index in [0.29, 0.717) is 17.1 Å². The molecule has 1 aliphatic heterocycles. The van der Waals surface area contributed by atoms with E-state index in [-0.39, 0.29) is 5.92 Å². The fourth-order valence-corrected chi connectivity index (χ4v) is 3.73. The summed E-state index contributed by atoms with van der Waals surface area (Å²) in [6.07, 6.45) is 0.831. The fraction of sp³-hybridized carbons (Fsp3) is 0.381. The zero-order valence-corrected chi connectivity index (χ0v) is 15.3. The molecule has 0 fully saturated rings. The van der Waals surface area contributed by atoms with Crippen LogP contribution in [0.3, 0.4) is 0 Å². The molecule has 2 aromatic carbocycles. The number of rotatable bonds is 3. The van der Waals surface area contributed by atoms with E-state index >= 15 is 0 Å². The highest BCUT2D eigenvalue weighted by Crippen LogP contribution is 2.41. The molecule has 0 N–H and O–H groups in total. The van der Waals surface area contributed by atoms with Crippen LogP contribution in [0.25, 0.3) is 0 Å². The van der Waals surface area contributed by atoms with Crippen LogP contribution >= 0.6 is 0 Å². The Kier molecular flexibility index (Phi) is 4.96. The Morgan fingerprint density at radius 1 is 1.20 bits per heavy atom. The van der Waals surface area contributed by atoms with Crippen LogP contribution in [0.4, 0.5) is 0 Å². The quantitative estimate of drug-likeness (QED) is 0.860. The first-order valence-corrected chi connectivity index (χ1v) is 8.52. The Morgan fingerprint density at radius 3 is 2.64 bits per heavy atom. The molecule has 4 nitrogen and oxygen atoms in total. The molecule has 4 heteroatoms. The third-order valence-corrected chi connectivity index (χ3v) is 4.98. The van der Waals surface area contributed by atoms with Gasteiger partial charge in [-0.25, -0.2) is 0 Å². The second kappa shape index (κ2) is 7.16. The van der Waals surface area contributed by atoms with Gasteiger partial charge in [0, 0.05) is 19.0 Å². The van der Waals surface area contributed by atoms with E-state index in [2.05, 4.69) is 55.3 Å². The van der Waals surface area contributed by atoms with Gasteiger partial charge in [-0.3, -0.25) is 0 Å². The van der Waals surface area contributed by atoms with Crippen LogP contribution in [0, 0.1) is 18.3 Å². The number of likely N-dealkylation sites (N-methyl/N-ethyl adjacent to an activating group) is 1. The molecule has 1 aliphatic rings. The molecular weight excluding hydrogens is 312 g/mol. The number of aryl methyl sites for hydroxylation is 1. The van der Waals surface area contributed by atoms with Gasteiger partial charge in [0.25, 0.3) is 0 Å². The van der Waals surface area contributed by atoms with Gasteiger partial charge in [-0.1, -0.05) is 29.8 Å². The van der Waals surface area contributed by atoms with Crippen LogP contribution in [0.5, 0.6) is 11.5 Å². The molecule has 0 amide bonds. The Balaban J connectivity index is 2.26. The minimum absolute atomic E-state index is 0.203. The van der Waals surface area contributed by atoms with Crippen molar-refractivity contribution in [1.82, 2.24) is 4.90 Å². The van der Waals surface area contributed by atoms with Gasteiger partial charge in [0.2, 0.25) is 0 Å². The monoisotopic (exact) mass is 336 g/mol. The summed E-state index contributed by atoms with van der Waals surface area (Å²) in [4.78, 5) is 2.33. The van der Waals surface area contributed by atoms with E-state index in [1.807, 2.05) is 0 Å². The summed E-state index contributed by atoms with van der Waals surface area (Å²) in [5, 5.41) is 9.79. The molecule has 0 aliphatic carbocycles. The maximum atomic E-state index is 9.79. The third-order valence-electron chi connectivity index (χ3n) is 4.98. The SMILES string of the molecule is COc1cc2c(c(C#N)c1OC)CCN(C)CC2c1cccc(C)c1. The van der Waals surface area contributed by atoms with Crippen LogP contribution < -0.4 is 9.47 Å². The number of benzene rings is 2. The van der Waals surface area contributed by atoms with Crippen molar-refractivity contribution in [3.63, 3.8) is 0 Å². The summed E-state index contributed by atoms with van der Waals surface area (Å²) in [6.45, 7) is 3.94. The molecule has 0 spiro atoms. The van der Waals surface area contributed by atoms with E-state index < -0.39 is 0 Å². The summed E-state index contributed by atoms with van der Waals surface area (Å²) in [6, 6.07) is 13.0. The van der Waals surface area contributed by atoms with Crippen molar-refractivity contribution in [2.45, 2.75) is 19.3 Å². The van der Waals surface area contributed by atoms with Crippen molar-refractivity contribution in [3.8, 4) is 17.6 Å². The fourth-order valence-electron chi connectivity index (χ4n) is 3.73. The molecule has 3 rings (SSSR count). The third kappa shape index (κ3) is 3.20. The lowest BCUT2D eigenvalue weighted by Gasteiger charge is -2.23. The van der Waals surface area contributed by atoms with Crippen molar-refractivity contribution >= 4 is 0 Å². The Labute approximate surface area is 149 Å². The number of nitriles is 1. The summed E-state index contributed by atoms with van der Waals surface area (Å²) in [5.74, 6) is 1.37. The maximum Gasteiger partial charge on any atom is 0.178 e. The topological polar surface area (TPSA) is 45.5 Å². The number of hydrogen-bond donors (Lipinski definition) is 0. The second-order valence-corrected chi connectivity index (χ2v) is 6.65. The first-order chi connectivity index (χ1) is 12.1. The number of hydrogen-bond acceptors (Lipinski definition) is 4. The number of nitrogens with zero attached hydrogens (tertiary/aromatic N) is 2. The average molecular weight is 336 g/mol. The maximum absolute atomic E-state index is 9.79. The molecule has 1 unspecified atom stereocenters. The van der Waals surface area contributed by atoms with Crippen molar-refractivity contribution in [2.24, 2.45) is 0 Å². The molecule has 130 valence electrons. The van der Waals surface area contributed by atoms with E-state index in [1.54, 1.807) is 14.2 Å². The molecule has 2 aromatic rings. The van der Waals surface area contributed by atoms with E-state index in [4.69, 9.17) is 9.47 Å². The van der Waals surface area contributed by atoms with E-state index in [0.717, 1.165) is 25.1 Å². The number of fused-ring (bicyclic) bond motifs is 1. The molecule has 0 aromatic heterocycles. The predicted molar refractivity (Wildman–Crippen MR) is 98.5 cm³/mol. The van der Waals surface area contributed by atoms with Crippen molar-refractivity contribution < 1.29 is 9.47 Å². The lowest BCUT2D eigenvalue weighted by Crippen LogP contribution is -2.24. The first kappa shape index (κ1) is 17.3. The normalized spacial score (nSPS) is 17.3. The first-order valence-electron chi connectivity index (χ1n) is 8.52. The largest absolute Gasteiger partial charge is 0.493 e. The van der Waals surface area contributed by atoms with Gasteiger partial charge in [-0.05, 0) is 43.1 Å². The Morgan fingerprint density at radius 2 is 2.00 bits per heavy atom. The number of methoxy groups -OCH3 is 2. The molecule has 0 radical (unpaired) electrons. The number of ether oxygens (including phenoxy) is 2. The molecular formula is C21H24N2O2. The van der Waals surface area contributed by atoms with Gasteiger partial charge < -0.3 is 14.4 Å². The minimum atomic E-state index is 0.203. The Bertz CT molecular complexity index is 823. The van der Waals surface area contributed by atoms with Crippen LogP contribution in [0.2, 0.25) is 0 Å². The van der Waals surface area contributed by atoms with Crippen LogP contribution in [0.15, 0.2) is 30.3 Å². The summed E-state index contributed by atoms with van der Waals surface area (Å²) in [5.41, 5.74) is 5.36. The zero-order valence-electron chi connectivity index (χ0n) is 15.3. The van der Waals surface area contributed by atoms with Crippen molar-refractivity contribution in [1.29, 1.82) is 5.26 Å². The Hall–Kier alpha value is -2.51. The van der Waals surface area contributed by atoms with Gasteiger partial charge in [0.1, 0.15) is 11.6 Å². The summed E-state index contributed by atoms with van der Waals surface area (Å²) in [7, 11) is 5.34. The molecule has 25 heavy (non-hydrogen) atoms. The smallest absolute Gasteiger partial charge is 0.178 e. The van der Waals surface area contributed by atoms with E-state index in [1.165, 1.54) is 16.7 Å². The molecule has 0 bridgehead atoms. The second-order valence-electron chi connectivity index (χ2n) is 6.65. The van der Waals surface area contributed by atoms with Gasteiger partial charge in [-0.2, -0.15) is 5.26 Å². The highest BCUT2D eigenvalue weighted by atomic mass is 16.5. The van der Waals surface area contributed by atoms with Crippen molar-refractivity contribution in [3.05, 3.63) is 58.1 Å². The minimum Gasteiger partial charge on any atom is -0.493 e. The molecule has 0 saturated heterocycles. The lowest BCUT2D eigenvalue weighted by atomic mass is 9.85. The lowest BCUT2D eigenvalue weighted by molar-refractivity contribution is 0.338. The van der Waals surface area contributed by atoms with Crippen molar-refractivity contribution in [2.75, 3.05) is 34.4 Å². The van der Waals surface area contributed by atoms with Gasteiger partial charge >= 0.3 is 0 Å². The average Bonchev–Trinajstić information content (AvgIpc) is 2.79. The van der Waals surface area contributed by atoms with E-state index in [9.17, 15) is 5.26 Å². The molecule has 1 atom stereocenters. The molecule has 1 heterocycles. The highest BCUT2D eigenvalue weighted by molar-refractivity contribution is 5.62. The zero-order chi connectivity index (χ0) is 18.0. The van der Waals surface area contributed by atoms with Gasteiger partial charge in [0.05, 0.1) is 14.2 Å². The summed E-state index contributed by atoms with van der Waals surface area (Å²) >= 11 is 0. The van der Waals surface area contributed by atoms with Gasteiger partial charge in [-0.15, -0.1) is 0 Å². The predicted octanol–water partition coefficient (Wildman–Crippen LogP) is 3.50. The molecule has 0 saturated carbocycles. The van der Waals surface area contributed by atoms with Crippen LogP contribution in [0.1, 0.15) is 33.7 Å². The van der Waals surface area contributed by atoms with Crippen LogP contribution in [-0.2, 0) is 6.42 Å². The van der Waals surface area contributed by atoms with Crippen LogP contribution in [-0.4, -0.2) is 39.3 Å². The standard InChI is InChI=1S/C21H24N2O2/c1-14-6-5-7-15(10-14)19-13-23(2)9-8-16-17(19)11-20(24-3)21(25-4)18(16)12-22/h5-7,10-11,19H,8-9,13H2,1-4H3. The summed E-state index contributed by atoms with van der Waals surface area (Å²) < 4.78 is 11.0. The highest BCUT2D eigenvalue weighted by Gasteiger charge is 2.28.